The van der Waals surface area contributed by atoms with Crippen LogP contribution in [-0.4, -0.2) is 21.9 Å². The van der Waals surface area contributed by atoms with Gasteiger partial charge in [0.2, 0.25) is 0 Å². The molecular weight excluding hydrogens is 314 g/mol. The molecule has 0 unspecified atom stereocenters. The van der Waals surface area contributed by atoms with E-state index in [-0.39, 0.29) is 0 Å². The molecule has 0 amide bonds. The van der Waals surface area contributed by atoms with Gasteiger partial charge in [0.1, 0.15) is 12.9 Å². The van der Waals surface area contributed by atoms with Crippen LogP contribution in [0.5, 0.6) is 0 Å². The predicted octanol–water partition coefficient (Wildman–Crippen LogP) is 3.08. The summed E-state index contributed by atoms with van der Waals surface area (Å²) in [4.78, 5) is 4.20. The van der Waals surface area contributed by atoms with Gasteiger partial charge in [0, 0.05) is 7.11 Å². The predicted molar refractivity (Wildman–Crippen MR) is 93.6 cm³/mol. The highest BCUT2D eigenvalue weighted by molar-refractivity contribution is 5.42. The molecule has 0 aliphatic rings. The Hall–Kier alpha value is -2.70. The van der Waals surface area contributed by atoms with Crippen LogP contribution >= 0.6 is 0 Å². The molecule has 0 N–H and O–H groups in total. The van der Waals surface area contributed by atoms with Crippen LogP contribution in [0.25, 0.3) is 0 Å². The van der Waals surface area contributed by atoms with Crippen molar-refractivity contribution >= 4 is 0 Å². The maximum absolute atomic E-state index is 9.48. The molecule has 6 heteroatoms. The van der Waals surface area contributed by atoms with Crippen molar-refractivity contribution in [3.05, 3.63) is 47.0 Å². The van der Waals surface area contributed by atoms with Gasteiger partial charge < -0.3 is 4.74 Å². The third-order valence-corrected chi connectivity index (χ3v) is 4.20. The second-order valence-electron chi connectivity index (χ2n) is 7.18. The van der Waals surface area contributed by atoms with Crippen molar-refractivity contribution in [2.24, 2.45) is 0 Å². The molecular formula is C19H23N5O. The van der Waals surface area contributed by atoms with Gasteiger partial charge in [-0.3, -0.25) is 0 Å². The van der Waals surface area contributed by atoms with Gasteiger partial charge in [-0.05, 0) is 44.4 Å². The highest BCUT2D eigenvalue weighted by Gasteiger charge is 2.26. The van der Waals surface area contributed by atoms with Crippen molar-refractivity contribution in [2.75, 3.05) is 7.11 Å². The zero-order chi connectivity index (χ0) is 18.7. The molecule has 0 fully saturated rings. The van der Waals surface area contributed by atoms with E-state index in [2.05, 4.69) is 22.2 Å². The number of methoxy groups -OCH3 is 1. The van der Waals surface area contributed by atoms with E-state index in [4.69, 9.17) is 4.74 Å². The van der Waals surface area contributed by atoms with Crippen LogP contribution < -0.4 is 0 Å². The minimum atomic E-state index is -0.639. The molecule has 6 nitrogen and oxygen atoms in total. The number of ether oxygens (including phenoxy) is 1. The largest absolute Gasteiger partial charge is 0.377 e. The fraction of sp³-hybridized carbons (Fsp3) is 0.474. The lowest BCUT2D eigenvalue weighted by molar-refractivity contribution is 0.177. The number of rotatable bonds is 6. The number of hydrogen-bond acceptors (Lipinski definition) is 5. The van der Waals surface area contributed by atoms with Gasteiger partial charge in [-0.1, -0.05) is 18.2 Å². The van der Waals surface area contributed by atoms with Crippen molar-refractivity contribution in [1.82, 2.24) is 14.8 Å². The molecule has 1 aromatic heterocycles. The number of benzene rings is 1. The monoisotopic (exact) mass is 337 g/mol. The van der Waals surface area contributed by atoms with E-state index < -0.39 is 10.8 Å². The molecule has 0 saturated carbocycles. The highest BCUT2D eigenvalue weighted by Crippen LogP contribution is 2.30. The highest BCUT2D eigenvalue weighted by atomic mass is 16.5. The molecule has 0 saturated heterocycles. The Morgan fingerprint density at radius 2 is 1.60 bits per heavy atom. The van der Waals surface area contributed by atoms with Crippen LogP contribution in [-0.2, 0) is 28.7 Å². The molecule has 0 aliphatic heterocycles. The van der Waals surface area contributed by atoms with E-state index in [0.717, 1.165) is 16.7 Å². The molecule has 0 radical (unpaired) electrons. The summed E-state index contributed by atoms with van der Waals surface area (Å²) in [6.07, 6.45) is 1.66. The Labute approximate surface area is 148 Å². The average molecular weight is 337 g/mol. The van der Waals surface area contributed by atoms with Crippen LogP contribution in [0.15, 0.2) is 24.5 Å². The molecule has 0 bridgehead atoms. The SMILES string of the molecule is COCc1ncn(Cc2cc(C(C)(C)C#N)cc(C(C)(C)C#N)c2)n1. The number of nitrogens with zero attached hydrogens (tertiary/aromatic N) is 5. The summed E-state index contributed by atoms with van der Waals surface area (Å²) in [6.45, 7) is 8.38. The Morgan fingerprint density at radius 1 is 1.04 bits per heavy atom. The van der Waals surface area contributed by atoms with Crippen LogP contribution in [0.1, 0.15) is 50.2 Å². The minimum Gasteiger partial charge on any atom is -0.377 e. The molecule has 2 aromatic rings. The first-order valence-corrected chi connectivity index (χ1v) is 8.06. The lowest BCUT2D eigenvalue weighted by atomic mass is 9.79. The molecule has 0 spiro atoms. The van der Waals surface area contributed by atoms with Crippen molar-refractivity contribution in [3.63, 3.8) is 0 Å². The zero-order valence-electron chi connectivity index (χ0n) is 15.4. The first-order chi connectivity index (χ1) is 11.7. The van der Waals surface area contributed by atoms with E-state index in [0.29, 0.717) is 19.0 Å². The van der Waals surface area contributed by atoms with E-state index in [1.165, 1.54) is 0 Å². The molecule has 2 rings (SSSR count). The summed E-state index contributed by atoms with van der Waals surface area (Å²) < 4.78 is 6.77. The smallest absolute Gasteiger partial charge is 0.176 e. The van der Waals surface area contributed by atoms with Gasteiger partial charge in [0.05, 0.1) is 29.5 Å². The third kappa shape index (κ3) is 4.23. The Balaban J connectivity index is 2.46. The fourth-order valence-corrected chi connectivity index (χ4v) is 2.43. The molecule has 0 atom stereocenters. The van der Waals surface area contributed by atoms with E-state index >= 15 is 0 Å². The second-order valence-corrected chi connectivity index (χ2v) is 7.18. The van der Waals surface area contributed by atoms with Crippen molar-refractivity contribution in [2.45, 2.75) is 51.7 Å². The van der Waals surface area contributed by atoms with Gasteiger partial charge in [-0.15, -0.1) is 0 Å². The summed E-state index contributed by atoms with van der Waals surface area (Å²) in [5.41, 5.74) is 1.49. The number of aromatic nitrogens is 3. The number of nitriles is 2. The zero-order valence-corrected chi connectivity index (χ0v) is 15.4. The molecule has 0 aliphatic carbocycles. The summed E-state index contributed by atoms with van der Waals surface area (Å²) in [7, 11) is 1.60. The maximum atomic E-state index is 9.48. The summed E-state index contributed by atoms with van der Waals surface area (Å²) in [5, 5.41) is 23.3. The molecule has 25 heavy (non-hydrogen) atoms. The summed E-state index contributed by atoms with van der Waals surface area (Å²) >= 11 is 0. The van der Waals surface area contributed by atoms with Gasteiger partial charge in [-0.2, -0.15) is 15.6 Å². The van der Waals surface area contributed by atoms with Crippen LogP contribution in [0.3, 0.4) is 0 Å². The number of hydrogen-bond donors (Lipinski definition) is 0. The summed E-state index contributed by atoms with van der Waals surface area (Å²) in [6, 6.07) is 10.6. The lowest BCUT2D eigenvalue weighted by Crippen LogP contribution is -2.20. The van der Waals surface area contributed by atoms with Crippen LogP contribution in [0, 0.1) is 22.7 Å². The van der Waals surface area contributed by atoms with Crippen LogP contribution in [0.4, 0.5) is 0 Å². The molecule has 130 valence electrons. The Bertz CT molecular complexity index is 792. The van der Waals surface area contributed by atoms with E-state index in [1.807, 2.05) is 45.9 Å². The van der Waals surface area contributed by atoms with Gasteiger partial charge in [0.25, 0.3) is 0 Å². The Morgan fingerprint density at radius 3 is 2.08 bits per heavy atom. The molecule has 1 aromatic carbocycles. The van der Waals surface area contributed by atoms with Crippen molar-refractivity contribution in [1.29, 1.82) is 10.5 Å². The average Bonchev–Trinajstić information content (AvgIpc) is 3.02. The quantitative estimate of drug-likeness (QED) is 0.808. The van der Waals surface area contributed by atoms with E-state index in [1.54, 1.807) is 18.1 Å². The first kappa shape index (κ1) is 18.6. The lowest BCUT2D eigenvalue weighted by Gasteiger charge is -2.23. The normalized spacial score (nSPS) is 11.8. The first-order valence-electron chi connectivity index (χ1n) is 8.06. The standard InChI is InChI=1S/C19H23N5O/c1-18(2,11-20)15-6-14(7-16(8-15)19(3,4)12-21)9-24-13-22-17(23-24)10-25-5/h6-8,13H,9-10H2,1-5H3. The van der Waals surface area contributed by atoms with Crippen molar-refractivity contribution in [3.8, 4) is 12.1 Å². The maximum Gasteiger partial charge on any atom is 0.176 e. The van der Waals surface area contributed by atoms with Crippen LogP contribution in [0.2, 0.25) is 0 Å². The third-order valence-electron chi connectivity index (χ3n) is 4.20. The fourth-order valence-electron chi connectivity index (χ4n) is 2.43. The van der Waals surface area contributed by atoms with Crippen molar-refractivity contribution < 1.29 is 4.74 Å². The Kier molecular flexibility index (Phi) is 5.25. The summed E-state index contributed by atoms with van der Waals surface area (Å²) in [5.74, 6) is 0.619. The molecule has 1 heterocycles. The van der Waals surface area contributed by atoms with Gasteiger partial charge in [-0.25, -0.2) is 9.67 Å². The second kappa shape index (κ2) is 7.04. The van der Waals surface area contributed by atoms with Gasteiger partial charge >= 0.3 is 0 Å². The van der Waals surface area contributed by atoms with Gasteiger partial charge in [0.15, 0.2) is 5.82 Å². The van der Waals surface area contributed by atoms with E-state index in [9.17, 15) is 10.5 Å². The topological polar surface area (TPSA) is 87.5 Å². The minimum absolute atomic E-state index is 0.362.